The standard InChI is InChI=1S/C14H17BrN2O3/c1-10-3-4-12(20-10)9-17(5-6-19-2)14(18)13-7-11(15)8-16-13/h3-4,7-8,16H,5-6,9H2,1-2H3. The molecule has 2 heterocycles. The Morgan fingerprint density at radius 2 is 2.30 bits per heavy atom. The van der Waals surface area contributed by atoms with E-state index in [1.165, 1.54) is 0 Å². The summed E-state index contributed by atoms with van der Waals surface area (Å²) >= 11 is 3.33. The minimum atomic E-state index is -0.0817. The first-order valence-electron chi connectivity index (χ1n) is 6.27. The van der Waals surface area contributed by atoms with E-state index in [1.807, 2.05) is 19.1 Å². The first kappa shape index (κ1) is 14.9. The molecule has 0 aliphatic rings. The number of hydrogen-bond donors (Lipinski definition) is 1. The molecule has 2 rings (SSSR count). The summed E-state index contributed by atoms with van der Waals surface area (Å²) in [4.78, 5) is 17.1. The number of carbonyl (C=O) groups excluding carboxylic acids is 1. The lowest BCUT2D eigenvalue weighted by Crippen LogP contribution is -2.33. The lowest BCUT2D eigenvalue weighted by atomic mass is 10.3. The molecule has 2 aromatic heterocycles. The molecule has 0 fully saturated rings. The fourth-order valence-electron chi connectivity index (χ4n) is 1.87. The Balaban J connectivity index is 2.12. The highest BCUT2D eigenvalue weighted by atomic mass is 79.9. The molecule has 6 heteroatoms. The third kappa shape index (κ3) is 3.74. The lowest BCUT2D eigenvalue weighted by molar-refractivity contribution is 0.0661. The monoisotopic (exact) mass is 340 g/mol. The number of methoxy groups -OCH3 is 1. The molecule has 0 aliphatic carbocycles. The maximum atomic E-state index is 12.5. The number of H-pyrrole nitrogens is 1. The van der Waals surface area contributed by atoms with Crippen molar-refractivity contribution in [2.75, 3.05) is 20.3 Å². The van der Waals surface area contributed by atoms with Crippen LogP contribution < -0.4 is 0 Å². The van der Waals surface area contributed by atoms with Crippen molar-refractivity contribution in [1.82, 2.24) is 9.88 Å². The summed E-state index contributed by atoms with van der Waals surface area (Å²) in [6.45, 7) is 3.29. The number of rotatable bonds is 6. The molecular formula is C14H17BrN2O3. The fourth-order valence-corrected chi connectivity index (χ4v) is 2.22. The van der Waals surface area contributed by atoms with Crippen LogP contribution in [0.25, 0.3) is 0 Å². The number of nitrogens with zero attached hydrogens (tertiary/aromatic N) is 1. The molecule has 0 saturated carbocycles. The maximum Gasteiger partial charge on any atom is 0.270 e. The van der Waals surface area contributed by atoms with Gasteiger partial charge in [-0.3, -0.25) is 4.79 Å². The summed E-state index contributed by atoms with van der Waals surface area (Å²) in [5, 5.41) is 0. The van der Waals surface area contributed by atoms with Gasteiger partial charge in [0.2, 0.25) is 0 Å². The normalized spacial score (nSPS) is 10.8. The van der Waals surface area contributed by atoms with Crippen molar-refractivity contribution < 1.29 is 13.9 Å². The minimum Gasteiger partial charge on any atom is -0.464 e. The summed E-state index contributed by atoms with van der Waals surface area (Å²) in [6.07, 6.45) is 1.73. The zero-order valence-electron chi connectivity index (χ0n) is 11.5. The predicted octanol–water partition coefficient (Wildman–Crippen LogP) is 2.97. The third-order valence-corrected chi connectivity index (χ3v) is 3.33. The topological polar surface area (TPSA) is 58.5 Å². The van der Waals surface area contributed by atoms with Gasteiger partial charge in [0.15, 0.2) is 0 Å². The van der Waals surface area contributed by atoms with Crippen LogP contribution in [-0.4, -0.2) is 36.1 Å². The van der Waals surface area contributed by atoms with Gasteiger partial charge in [-0.2, -0.15) is 0 Å². The van der Waals surface area contributed by atoms with E-state index in [2.05, 4.69) is 20.9 Å². The predicted molar refractivity (Wildman–Crippen MR) is 78.6 cm³/mol. The lowest BCUT2D eigenvalue weighted by Gasteiger charge is -2.20. The fraction of sp³-hybridized carbons (Fsp3) is 0.357. The number of nitrogens with one attached hydrogen (secondary N) is 1. The SMILES string of the molecule is COCCN(Cc1ccc(C)o1)C(=O)c1cc(Br)c[nH]1. The van der Waals surface area contributed by atoms with E-state index >= 15 is 0 Å². The largest absolute Gasteiger partial charge is 0.464 e. The number of aromatic nitrogens is 1. The van der Waals surface area contributed by atoms with Crippen LogP contribution in [0.1, 0.15) is 22.0 Å². The molecule has 0 bridgehead atoms. The molecule has 1 amide bonds. The number of aryl methyl sites for hydroxylation is 1. The molecule has 0 saturated heterocycles. The van der Waals surface area contributed by atoms with Gasteiger partial charge in [-0.1, -0.05) is 0 Å². The Morgan fingerprint density at radius 3 is 2.85 bits per heavy atom. The highest BCUT2D eigenvalue weighted by Gasteiger charge is 2.18. The Labute approximate surface area is 126 Å². The molecule has 1 N–H and O–H groups in total. The number of furan rings is 1. The van der Waals surface area contributed by atoms with Gasteiger partial charge >= 0.3 is 0 Å². The van der Waals surface area contributed by atoms with Gasteiger partial charge < -0.3 is 19.0 Å². The molecule has 0 atom stereocenters. The summed E-state index contributed by atoms with van der Waals surface area (Å²) in [5.74, 6) is 1.51. The zero-order chi connectivity index (χ0) is 14.5. The second kappa shape index (κ2) is 6.76. The summed E-state index contributed by atoms with van der Waals surface area (Å²) in [5.41, 5.74) is 0.538. The first-order valence-corrected chi connectivity index (χ1v) is 7.07. The van der Waals surface area contributed by atoms with E-state index in [0.717, 1.165) is 16.0 Å². The Bertz CT molecular complexity index is 576. The van der Waals surface area contributed by atoms with Crippen LogP contribution in [0.2, 0.25) is 0 Å². The highest BCUT2D eigenvalue weighted by molar-refractivity contribution is 9.10. The Hall–Kier alpha value is -1.53. The van der Waals surface area contributed by atoms with Crippen LogP contribution in [0.3, 0.4) is 0 Å². The molecular weight excluding hydrogens is 324 g/mol. The molecule has 5 nitrogen and oxygen atoms in total. The second-order valence-corrected chi connectivity index (χ2v) is 5.38. The molecule has 0 spiro atoms. The van der Waals surface area contributed by atoms with E-state index < -0.39 is 0 Å². The van der Waals surface area contributed by atoms with Crippen molar-refractivity contribution in [1.29, 1.82) is 0 Å². The molecule has 0 aliphatic heterocycles. The number of aromatic amines is 1. The minimum absolute atomic E-state index is 0.0817. The van der Waals surface area contributed by atoms with Gasteiger partial charge in [0, 0.05) is 24.3 Å². The zero-order valence-corrected chi connectivity index (χ0v) is 13.1. The van der Waals surface area contributed by atoms with Crippen LogP contribution in [-0.2, 0) is 11.3 Å². The van der Waals surface area contributed by atoms with Crippen LogP contribution in [0.5, 0.6) is 0 Å². The highest BCUT2D eigenvalue weighted by Crippen LogP contribution is 2.15. The molecule has 20 heavy (non-hydrogen) atoms. The molecule has 0 unspecified atom stereocenters. The first-order chi connectivity index (χ1) is 9.60. The van der Waals surface area contributed by atoms with Gasteiger partial charge in [-0.15, -0.1) is 0 Å². The maximum absolute atomic E-state index is 12.5. The second-order valence-electron chi connectivity index (χ2n) is 4.46. The van der Waals surface area contributed by atoms with E-state index in [0.29, 0.717) is 25.4 Å². The van der Waals surface area contributed by atoms with Gasteiger partial charge in [-0.25, -0.2) is 0 Å². The van der Waals surface area contributed by atoms with Gasteiger partial charge in [0.25, 0.3) is 5.91 Å². The van der Waals surface area contributed by atoms with Crippen LogP contribution in [0.4, 0.5) is 0 Å². The third-order valence-electron chi connectivity index (χ3n) is 2.87. The Morgan fingerprint density at radius 1 is 1.50 bits per heavy atom. The van der Waals surface area contributed by atoms with Crippen LogP contribution >= 0.6 is 15.9 Å². The quantitative estimate of drug-likeness (QED) is 0.879. The van der Waals surface area contributed by atoms with E-state index in [1.54, 1.807) is 24.3 Å². The van der Waals surface area contributed by atoms with Crippen molar-refractivity contribution in [2.24, 2.45) is 0 Å². The van der Waals surface area contributed by atoms with Crippen LogP contribution in [0, 0.1) is 6.92 Å². The number of ether oxygens (including phenoxy) is 1. The molecule has 0 aromatic carbocycles. The van der Waals surface area contributed by atoms with Crippen molar-refractivity contribution in [2.45, 2.75) is 13.5 Å². The summed E-state index contributed by atoms with van der Waals surface area (Å²) in [7, 11) is 1.62. The average Bonchev–Trinajstić information content (AvgIpc) is 3.02. The van der Waals surface area contributed by atoms with Crippen molar-refractivity contribution in [3.8, 4) is 0 Å². The summed E-state index contributed by atoms with van der Waals surface area (Å²) < 4.78 is 11.4. The van der Waals surface area contributed by atoms with Crippen molar-refractivity contribution in [3.05, 3.63) is 46.1 Å². The number of halogens is 1. The molecule has 2 aromatic rings. The van der Waals surface area contributed by atoms with Crippen molar-refractivity contribution >= 4 is 21.8 Å². The Kier molecular flexibility index (Phi) is 5.03. The number of amides is 1. The van der Waals surface area contributed by atoms with Gasteiger partial charge in [0.05, 0.1) is 13.2 Å². The van der Waals surface area contributed by atoms with E-state index in [9.17, 15) is 4.79 Å². The molecule has 0 radical (unpaired) electrons. The molecule has 108 valence electrons. The smallest absolute Gasteiger partial charge is 0.270 e. The van der Waals surface area contributed by atoms with E-state index in [4.69, 9.17) is 9.15 Å². The number of hydrogen-bond acceptors (Lipinski definition) is 3. The van der Waals surface area contributed by atoms with Gasteiger partial charge in [0.1, 0.15) is 17.2 Å². The van der Waals surface area contributed by atoms with E-state index in [-0.39, 0.29) is 5.91 Å². The number of carbonyl (C=O) groups is 1. The van der Waals surface area contributed by atoms with Crippen molar-refractivity contribution in [3.63, 3.8) is 0 Å². The average molecular weight is 341 g/mol. The van der Waals surface area contributed by atoms with Crippen LogP contribution in [0.15, 0.2) is 33.3 Å². The summed E-state index contributed by atoms with van der Waals surface area (Å²) in [6, 6.07) is 5.53. The van der Waals surface area contributed by atoms with Gasteiger partial charge in [-0.05, 0) is 41.1 Å².